The Labute approximate surface area is 114 Å². The maximum atomic E-state index is 12.9. The average molecular weight is 266 g/mol. The van der Waals surface area contributed by atoms with Gasteiger partial charge in [0.25, 0.3) is 0 Å². The molecule has 0 aromatic heterocycles. The van der Waals surface area contributed by atoms with Gasteiger partial charge in [0, 0.05) is 19.1 Å². The summed E-state index contributed by atoms with van der Waals surface area (Å²) in [6.45, 7) is 9.20. The summed E-state index contributed by atoms with van der Waals surface area (Å²) in [4.78, 5) is 13.9. The number of hydrogen-bond acceptors (Lipinski definition) is 2. The SMILES string of the molecule is CCN(CC)C(=O)C(C)N[C@@H](C)c1ccc(F)cc1. The van der Waals surface area contributed by atoms with Crippen LogP contribution >= 0.6 is 0 Å². The number of nitrogens with one attached hydrogen (secondary N) is 1. The summed E-state index contributed by atoms with van der Waals surface area (Å²) in [5, 5.41) is 3.25. The molecule has 19 heavy (non-hydrogen) atoms. The lowest BCUT2D eigenvalue weighted by atomic mass is 10.1. The van der Waals surface area contributed by atoms with E-state index in [0.717, 1.165) is 5.56 Å². The number of halogens is 1. The second kappa shape index (κ2) is 7.24. The summed E-state index contributed by atoms with van der Waals surface area (Å²) in [7, 11) is 0. The molecule has 1 aromatic carbocycles. The Kier molecular flexibility index (Phi) is 5.96. The highest BCUT2D eigenvalue weighted by molar-refractivity contribution is 5.81. The molecule has 0 aliphatic carbocycles. The van der Waals surface area contributed by atoms with Gasteiger partial charge in [0.1, 0.15) is 5.82 Å². The van der Waals surface area contributed by atoms with Crippen LogP contribution in [0.5, 0.6) is 0 Å². The van der Waals surface area contributed by atoms with Crippen molar-refractivity contribution >= 4 is 5.91 Å². The van der Waals surface area contributed by atoms with Crippen LogP contribution in [0.2, 0.25) is 0 Å². The van der Waals surface area contributed by atoms with Crippen LogP contribution in [0.25, 0.3) is 0 Å². The molecule has 4 heteroatoms. The molecule has 0 radical (unpaired) electrons. The van der Waals surface area contributed by atoms with Crippen molar-refractivity contribution in [3.63, 3.8) is 0 Å². The molecule has 0 spiro atoms. The van der Waals surface area contributed by atoms with Crippen molar-refractivity contribution in [1.29, 1.82) is 0 Å². The van der Waals surface area contributed by atoms with Gasteiger partial charge >= 0.3 is 0 Å². The normalized spacial score (nSPS) is 13.9. The number of carbonyl (C=O) groups excluding carboxylic acids is 1. The maximum absolute atomic E-state index is 12.9. The van der Waals surface area contributed by atoms with Crippen molar-refractivity contribution in [1.82, 2.24) is 10.2 Å². The quantitative estimate of drug-likeness (QED) is 0.858. The van der Waals surface area contributed by atoms with Gasteiger partial charge in [-0.3, -0.25) is 10.1 Å². The van der Waals surface area contributed by atoms with Crippen LogP contribution in [0.1, 0.15) is 39.3 Å². The van der Waals surface area contributed by atoms with E-state index in [-0.39, 0.29) is 23.8 Å². The molecule has 1 amide bonds. The minimum Gasteiger partial charge on any atom is -0.342 e. The minimum absolute atomic E-state index is 0.00936. The maximum Gasteiger partial charge on any atom is 0.239 e. The third-order valence-electron chi connectivity index (χ3n) is 3.32. The first kappa shape index (κ1) is 15.6. The number of carbonyl (C=O) groups is 1. The van der Waals surface area contributed by atoms with Gasteiger partial charge in [0.05, 0.1) is 6.04 Å². The van der Waals surface area contributed by atoms with Gasteiger partial charge in [-0.05, 0) is 45.4 Å². The zero-order valence-electron chi connectivity index (χ0n) is 12.1. The number of amides is 1. The van der Waals surface area contributed by atoms with Crippen LogP contribution in [0.3, 0.4) is 0 Å². The highest BCUT2D eigenvalue weighted by Crippen LogP contribution is 2.14. The van der Waals surface area contributed by atoms with Crippen LogP contribution in [-0.4, -0.2) is 29.9 Å². The molecule has 1 unspecified atom stereocenters. The van der Waals surface area contributed by atoms with Gasteiger partial charge in [-0.15, -0.1) is 0 Å². The Morgan fingerprint density at radius 1 is 1.21 bits per heavy atom. The van der Waals surface area contributed by atoms with Crippen LogP contribution in [-0.2, 0) is 4.79 Å². The molecule has 0 aliphatic heterocycles. The molecule has 1 N–H and O–H groups in total. The fourth-order valence-corrected chi connectivity index (χ4v) is 2.10. The fraction of sp³-hybridized carbons (Fsp3) is 0.533. The molecule has 3 nitrogen and oxygen atoms in total. The van der Waals surface area contributed by atoms with Gasteiger partial charge in [-0.1, -0.05) is 12.1 Å². The third-order valence-corrected chi connectivity index (χ3v) is 3.32. The fourth-order valence-electron chi connectivity index (χ4n) is 2.10. The predicted molar refractivity (Wildman–Crippen MR) is 75.3 cm³/mol. The molecule has 0 bridgehead atoms. The zero-order chi connectivity index (χ0) is 14.4. The molecule has 1 aromatic rings. The second-order valence-electron chi connectivity index (χ2n) is 4.67. The number of likely N-dealkylation sites (N-methyl/N-ethyl adjacent to an activating group) is 1. The first-order chi connectivity index (χ1) is 8.99. The van der Waals surface area contributed by atoms with E-state index in [1.54, 1.807) is 17.0 Å². The molecule has 2 atom stereocenters. The van der Waals surface area contributed by atoms with Gasteiger partial charge in [-0.25, -0.2) is 4.39 Å². The Morgan fingerprint density at radius 2 is 1.74 bits per heavy atom. The minimum atomic E-state index is -0.250. The van der Waals surface area contributed by atoms with Gasteiger partial charge in [0.15, 0.2) is 0 Å². The van der Waals surface area contributed by atoms with Crippen molar-refractivity contribution in [3.8, 4) is 0 Å². The highest BCUT2D eigenvalue weighted by Gasteiger charge is 2.20. The van der Waals surface area contributed by atoms with Gasteiger partial charge in [0.2, 0.25) is 5.91 Å². The summed E-state index contributed by atoms with van der Waals surface area (Å²) in [5.41, 5.74) is 0.973. The third kappa shape index (κ3) is 4.31. The van der Waals surface area contributed by atoms with Crippen molar-refractivity contribution in [2.75, 3.05) is 13.1 Å². The Morgan fingerprint density at radius 3 is 2.21 bits per heavy atom. The van der Waals surface area contributed by atoms with Crippen molar-refractivity contribution in [2.45, 2.75) is 39.8 Å². The van der Waals surface area contributed by atoms with Crippen LogP contribution in [0.15, 0.2) is 24.3 Å². The van der Waals surface area contributed by atoms with E-state index in [1.165, 1.54) is 12.1 Å². The van der Waals surface area contributed by atoms with E-state index in [2.05, 4.69) is 5.32 Å². The van der Waals surface area contributed by atoms with E-state index in [9.17, 15) is 9.18 Å². The Hall–Kier alpha value is -1.42. The van der Waals surface area contributed by atoms with Crippen molar-refractivity contribution < 1.29 is 9.18 Å². The number of hydrogen-bond donors (Lipinski definition) is 1. The van der Waals surface area contributed by atoms with Crippen LogP contribution < -0.4 is 5.32 Å². The molecular weight excluding hydrogens is 243 g/mol. The molecule has 0 saturated carbocycles. The monoisotopic (exact) mass is 266 g/mol. The topological polar surface area (TPSA) is 32.3 Å². The van der Waals surface area contributed by atoms with E-state index < -0.39 is 0 Å². The van der Waals surface area contributed by atoms with Crippen LogP contribution in [0.4, 0.5) is 4.39 Å². The van der Waals surface area contributed by atoms with Gasteiger partial charge < -0.3 is 4.90 Å². The summed E-state index contributed by atoms with van der Waals surface area (Å²) in [5.74, 6) is -0.151. The zero-order valence-corrected chi connectivity index (χ0v) is 12.1. The summed E-state index contributed by atoms with van der Waals surface area (Å²) in [6, 6.07) is 6.10. The standard InChI is InChI=1S/C15H23FN2O/c1-5-18(6-2)15(19)12(4)17-11(3)13-7-9-14(16)10-8-13/h7-12,17H,5-6H2,1-4H3/t11-,12?/m0/s1. The van der Waals surface area contributed by atoms with Crippen LogP contribution in [0, 0.1) is 5.82 Å². The van der Waals surface area contributed by atoms with Gasteiger partial charge in [-0.2, -0.15) is 0 Å². The second-order valence-corrected chi connectivity index (χ2v) is 4.67. The first-order valence-electron chi connectivity index (χ1n) is 6.79. The first-order valence-corrected chi connectivity index (χ1v) is 6.79. The molecule has 1 rings (SSSR count). The lowest BCUT2D eigenvalue weighted by Gasteiger charge is -2.26. The Balaban J connectivity index is 2.63. The largest absolute Gasteiger partial charge is 0.342 e. The smallest absolute Gasteiger partial charge is 0.239 e. The van der Waals surface area contributed by atoms with E-state index in [4.69, 9.17) is 0 Å². The Bertz CT molecular complexity index is 401. The van der Waals surface area contributed by atoms with E-state index >= 15 is 0 Å². The molecule has 0 saturated heterocycles. The van der Waals surface area contributed by atoms with Crippen molar-refractivity contribution in [2.24, 2.45) is 0 Å². The molecule has 0 aliphatic rings. The number of nitrogens with zero attached hydrogens (tertiary/aromatic N) is 1. The van der Waals surface area contributed by atoms with Crippen molar-refractivity contribution in [3.05, 3.63) is 35.6 Å². The molecule has 0 heterocycles. The average Bonchev–Trinajstić information content (AvgIpc) is 2.40. The predicted octanol–water partition coefficient (Wildman–Crippen LogP) is 2.73. The summed E-state index contributed by atoms with van der Waals surface area (Å²) < 4.78 is 12.9. The molecule has 106 valence electrons. The summed E-state index contributed by atoms with van der Waals surface area (Å²) in [6.07, 6.45) is 0. The lowest BCUT2D eigenvalue weighted by molar-refractivity contribution is -0.132. The highest BCUT2D eigenvalue weighted by atomic mass is 19.1. The van der Waals surface area contributed by atoms with E-state index in [0.29, 0.717) is 13.1 Å². The molecular formula is C15H23FN2O. The van der Waals surface area contributed by atoms with E-state index in [1.807, 2.05) is 27.7 Å². The number of benzene rings is 1. The summed E-state index contributed by atoms with van der Waals surface area (Å²) >= 11 is 0. The lowest BCUT2D eigenvalue weighted by Crippen LogP contribution is -2.45. The molecule has 0 fully saturated rings. The number of rotatable bonds is 6.